The fraction of sp³-hybridized carbons (Fsp3) is 0.562. The molecule has 20 heavy (non-hydrogen) atoms. The first-order valence-corrected chi connectivity index (χ1v) is 7.34. The summed E-state index contributed by atoms with van der Waals surface area (Å²) in [6.45, 7) is 6.06. The zero-order chi connectivity index (χ0) is 14.5. The maximum atomic E-state index is 11.8. The highest BCUT2D eigenvalue weighted by molar-refractivity contribution is 5.83. The van der Waals surface area contributed by atoms with Crippen LogP contribution in [0.1, 0.15) is 25.8 Å². The predicted molar refractivity (Wildman–Crippen MR) is 80.0 cm³/mol. The van der Waals surface area contributed by atoms with Crippen LogP contribution in [0.5, 0.6) is 5.75 Å². The van der Waals surface area contributed by atoms with Crippen molar-refractivity contribution in [3.8, 4) is 5.75 Å². The molecule has 0 saturated carbocycles. The van der Waals surface area contributed by atoms with Gasteiger partial charge in [0.2, 0.25) is 0 Å². The average Bonchev–Trinajstić information content (AvgIpc) is 2.73. The molecule has 1 aromatic rings. The maximum absolute atomic E-state index is 11.8. The van der Waals surface area contributed by atoms with E-state index in [2.05, 4.69) is 31.3 Å². The molecule has 1 amide bonds. The molecule has 0 spiro atoms. The summed E-state index contributed by atoms with van der Waals surface area (Å²) in [4.78, 5) is 13.5. The Labute approximate surface area is 121 Å². The number of nitrogens with one attached hydrogen (secondary N) is 1. The molecule has 1 fully saturated rings. The molecule has 1 aromatic carbocycles. The monoisotopic (exact) mass is 276 g/mol. The van der Waals surface area contributed by atoms with E-state index in [9.17, 15) is 4.79 Å². The molecule has 1 aliphatic heterocycles. The Balaban J connectivity index is 1.90. The van der Waals surface area contributed by atoms with Gasteiger partial charge in [0.1, 0.15) is 5.75 Å². The number of rotatable bonds is 6. The summed E-state index contributed by atoms with van der Waals surface area (Å²) < 4.78 is 5.76. The van der Waals surface area contributed by atoms with Gasteiger partial charge in [-0.15, -0.1) is 0 Å². The van der Waals surface area contributed by atoms with Gasteiger partial charge in [0.15, 0.2) is 6.10 Å². The average molecular weight is 276 g/mol. The number of carbonyl (C=O) groups is 1. The minimum Gasteiger partial charge on any atom is -0.481 e. The van der Waals surface area contributed by atoms with E-state index in [1.165, 1.54) is 5.56 Å². The zero-order valence-electron chi connectivity index (χ0n) is 12.6. The lowest BCUT2D eigenvalue weighted by atomic mass is 10.1. The highest BCUT2D eigenvalue weighted by Crippen LogP contribution is 2.19. The van der Waals surface area contributed by atoms with Gasteiger partial charge in [-0.05, 0) is 37.6 Å². The van der Waals surface area contributed by atoms with Crippen LogP contribution in [0.2, 0.25) is 0 Å². The van der Waals surface area contributed by atoms with Crippen molar-refractivity contribution in [3.05, 3.63) is 29.8 Å². The van der Waals surface area contributed by atoms with Crippen molar-refractivity contribution in [2.45, 2.75) is 38.8 Å². The minimum absolute atomic E-state index is 0.0786. The summed E-state index contributed by atoms with van der Waals surface area (Å²) in [6, 6.07) is 8.54. The van der Waals surface area contributed by atoms with E-state index in [-0.39, 0.29) is 12.0 Å². The minimum atomic E-state index is -0.313. The second kappa shape index (κ2) is 6.75. The SMILES string of the molecule is CCNC(C)Cc1ccc(OC2CCN(C)C2=O)cc1. The molecule has 0 aromatic heterocycles. The quantitative estimate of drug-likeness (QED) is 0.862. The van der Waals surface area contributed by atoms with Crippen LogP contribution in [0, 0.1) is 0 Å². The second-order valence-corrected chi connectivity index (χ2v) is 5.46. The van der Waals surface area contributed by atoms with E-state index in [4.69, 9.17) is 4.74 Å². The normalized spacial score (nSPS) is 20.2. The standard InChI is InChI=1S/C16H24N2O2/c1-4-17-12(2)11-13-5-7-14(8-6-13)20-15-9-10-18(3)16(15)19/h5-8,12,15,17H,4,9-11H2,1-3H3. The molecule has 0 radical (unpaired) electrons. The number of hydrogen-bond donors (Lipinski definition) is 1. The van der Waals surface area contributed by atoms with Crippen molar-refractivity contribution >= 4 is 5.91 Å². The van der Waals surface area contributed by atoms with Crippen molar-refractivity contribution in [2.75, 3.05) is 20.1 Å². The molecule has 1 heterocycles. The third-order valence-electron chi connectivity index (χ3n) is 3.67. The molecule has 4 heteroatoms. The fourth-order valence-corrected chi connectivity index (χ4v) is 2.54. The highest BCUT2D eigenvalue weighted by atomic mass is 16.5. The number of hydrogen-bond acceptors (Lipinski definition) is 3. The molecular weight excluding hydrogens is 252 g/mol. The molecule has 1 saturated heterocycles. The maximum Gasteiger partial charge on any atom is 0.263 e. The first-order chi connectivity index (χ1) is 9.60. The smallest absolute Gasteiger partial charge is 0.263 e. The molecule has 2 rings (SSSR count). The van der Waals surface area contributed by atoms with Crippen LogP contribution in [0.25, 0.3) is 0 Å². The third kappa shape index (κ3) is 3.73. The fourth-order valence-electron chi connectivity index (χ4n) is 2.54. The summed E-state index contributed by atoms with van der Waals surface area (Å²) in [6.07, 6.45) is 1.46. The Morgan fingerprint density at radius 1 is 1.40 bits per heavy atom. The molecule has 1 N–H and O–H groups in total. The van der Waals surface area contributed by atoms with Crippen LogP contribution < -0.4 is 10.1 Å². The van der Waals surface area contributed by atoms with Crippen LogP contribution in [0.15, 0.2) is 24.3 Å². The van der Waals surface area contributed by atoms with Crippen molar-refractivity contribution in [1.29, 1.82) is 0 Å². The van der Waals surface area contributed by atoms with E-state index in [0.717, 1.165) is 31.7 Å². The molecule has 4 nitrogen and oxygen atoms in total. The largest absolute Gasteiger partial charge is 0.481 e. The lowest BCUT2D eigenvalue weighted by Gasteiger charge is -2.14. The topological polar surface area (TPSA) is 41.6 Å². The van der Waals surface area contributed by atoms with Gasteiger partial charge in [-0.3, -0.25) is 4.79 Å². The Morgan fingerprint density at radius 2 is 2.10 bits per heavy atom. The number of benzene rings is 1. The number of carbonyl (C=O) groups excluding carboxylic acids is 1. The molecule has 2 atom stereocenters. The van der Waals surface area contributed by atoms with Gasteiger partial charge >= 0.3 is 0 Å². The van der Waals surface area contributed by atoms with Gasteiger partial charge in [-0.25, -0.2) is 0 Å². The van der Waals surface area contributed by atoms with Crippen LogP contribution in [0.3, 0.4) is 0 Å². The third-order valence-corrected chi connectivity index (χ3v) is 3.67. The van der Waals surface area contributed by atoms with E-state index >= 15 is 0 Å². The lowest BCUT2D eigenvalue weighted by molar-refractivity contribution is -0.132. The lowest BCUT2D eigenvalue weighted by Crippen LogP contribution is -2.29. The Hall–Kier alpha value is -1.55. The molecule has 0 bridgehead atoms. The Kier molecular flexibility index (Phi) is 5.01. The predicted octanol–water partition coefficient (Wildman–Crippen LogP) is 1.84. The van der Waals surface area contributed by atoms with Crippen molar-refractivity contribution in [2.24, 2.45) is 0 Å². The first kappa shape index (κ1) is 14.9. The van der Waals surface area contributed by atoms with Gasteiger partial charge in [0.25, 0.3) is 5.91 Å². The highest BCUT2D eigenvalue weighted by Gasteiger charge is 2.30. The second-order valence-electron chi connectivity index (χ2n) is 5.46. The van der Waals surface area contributed by atoms with E-state index < -0.39 is 0 Å². The van der Waals surface area contributed by atoms with Crippen LogP contribution >= 0.6 is 0 Å². The molecule has 0 aliphatic carbocycles. The van der Waals surface area contributed by atoms with Crippen molar-refractivity contribution in [3.63, 3.8) is 0 Å². The number of likely N-dealkylation sites (N-methyl/N-ethyl adjacent to an activating group) is 2. The summed E-state index contributed by atoms with van der Waals surface area (Å²) >= 11 is 0. The van der Waals surface area contributed by atoms with Gasteiger partial charge < -0.3 is 15.0 Å². The molecule has 1 aliphatic rings. The van der Waals surface area contributed by atoms with E-state index in [0.29, 0.717) is 6.04 Å². The summed E-state index contributed by atoms with van der Waals surface area (Å²) in [7, 11) is 1.82. The summed E-state index contributed by atoms with van der Waals surface area (Å²) in [5.74, 6) is 0.855. The van der Waals surface area contributed by atoms with Gasteiger partial charge in [0, 0.05) is 26.1 Å². The Bertz CT molecular complexity index is 444. The zero-order valence-corrected chi connectivity index (χ0v) is 12.6. The number of amides is 1. The number of nitrogens with zero attached hydrogens (tertiary/aromatic N) is 1. The summed E-state index contributed by atoms with van der Waals surface area (Å²) in [5, 5.41) is 3.40. The number of ether oxygens (including phenoxy) is 1. The van der Waals surface area contributed by atoms with Gasteiger partial charge in [0.05, 0.1) is 0 Å². The molecular formula is C16H24N2O2. The van der Waals surface area contributed by atoms with Crippen LogP contribution in [-0.4, -0.2) is 43.1 Å². The van der Waals surface area contributed by atoms with Gasteiger partial charge in [-0.1, -0.05) is 19.1 Å². The molecule has 110 valence electrons. The summed E-state index contributed by atoms with van der Waals surface area (Å²) in [5.41, 5.74) is 1.28. The molecule has 2 unspecified atom stereocenters. The van der Waals surface area contributed by atoms with E-state index in [1.807, 2.05) is 19.2 Å². The van der Waals surface area contributed by atoms with Crippen molar-refractivity contribution in [1.82, 2.24) is 10.2 Å². The number of likely N-dealkylation sites (tertiary alicyclic amines) is 1. The van der Waals surface area contributed by atoms with Crippen LogP contribution in [-0.2, 0) is 11.2 Å². The van der Waals surface area contributed by atoms with E-state index in [1.54, 1.807) is 4.90 Å². The van der Waals surface area contributed by atoms with Crippen molar-refractivity contribution < 1.29 is 9.53 Å². The first-order valence-electron chi connectivity index (χ1n) is 7.34. The van der Waals surface area contributed by atoms with Gasteiger partial charge in [-0.2, -0.15) is 0 Å². The Morgan fingerprint density at radius 3 is 2.65 bits per heavy atom. The van der Waals surface area contributed by atoms with Crippen LogP contribution in [0.4, 0.5) is 0 Å².